The first-order valence-corrected chi connectivity index (χ1v) is 9.47. The van der Waals surface area contributed by atoms with Gasteiger partial charge in [-0.2, -0.15) is 4.98 Å². The molecule has 1 aromatic heterocycles. The lowest BCUT2D eigenvalue weighted by molar-refractivity contribution is 0.181. The Kier molecular flexibility index (Phi) is 5.56. The Hall–Kier alpha value is -1.53. The highest BCUT2D eigenvalue weighted by atomic mass is 32.2. The van der Waals surface area contributed by atoms with Gasteiger partial charge in [-0.3, -0.25) is 4.21 Å². The molecule has 6 heteroatoms. The second kappa shape index (κ2) is 7.84. The number of aromatic nitrogens is 2. The average molecular weight is 333 g/mol. The Balaban J connectivity index is 1.48. The van der Waals surface area contributed by atoms with Crippen molar-refractivity contribution in [1.82, 2.24) is 15.0 Å². The molecule has 1 aliphatic heterocycles. The van der Waals surface area contributed by atoms with E-state index in [4.69, 9.17) is 4.52 Å². The van der Waals surface area contributed by atoms with Gasteiger partial charge in [-0.25, -0.2) is 0 Å². The summed E-state index contributed by atoms with van der Waals surface area (Å²) in [4.78, 5) is 7.64. The summed E-state index contributed by atoms with van der Waals surface area (Å²) in [6, 6.07) is 9.71. The molecular formula is C17H23N3O2S. The number of piperidine rings is 1. The molecule has 2 unspecified atom stereocenters. The fraction of sp³-hybridized carbons (Fsp3) is 0.529. The number of benzene rings is 1. The minimum atomic E-state index is -0.912. The van der Waals surface area contributed by atoms with Crippen molar-refractivity contribution in [3.05, 3.63) is 42.0 Å². The third kappa shape index (κ3) is 4.72. The van der Waals surface area contributed by atoms with Gasteiger partial charge in [0.05, 0.1) is 10.8 Å². The van der Waals surface area contributed by atoms with Crippen molar-refractivity contribution in [2.24, 2.45) is 5.92 Å². The van der Waals surface area contributed by atoms with Crippen molar-refractivity contribution < 1.29 is 8.73 Å². The molecule has 124 valence electrons. The lowest BCUT2D eigenvalue weighted by Gasteiger charge is -2.32. The maximum absolute atomic E-state index is 12.3. The molecule has 1 aromatic carbocycles. The van der Waals surface area contributed by atoms with E-state index >= 15 is 0 Å². The maximum atomic E-state index is 12.3. The number of aryl methyl sites for hydroxylation is 1. The predicted molar refractivity (Wildman–Crippen MR) is 89.6 cm³/mol. The van der Waals surface area contributed by atoms with Gasteiger partial charge in [-0.1, -0.05) is 23.4 Å². The fourth-order valence-electron chi connectivity index (χ4n) is 3.11. The van der Waals surface area contributed by atoms with E-state index in [9.17, 15) is 4.21 Å². The molecule has 1 saturated heterocycles. The summed E-state index contributed by atoms with van der Waals surface area (Å²) in [6.07, 6.45) is 3.25. The second-order valence-corrected chi connectivity index (χ2v) is 7.68. The van der Waals surface area contributed by atoms with Gasteiger partial charge in [0.15, 0.2) is 5.82 Å². The van der Waals surface area contributed by atoms with Crippen LogP contribution in [0.4, 0.5) is 0 Å². The molecule has 2 atom stereocenters. The highest BCUT2D eigenvalue weighted by molar-refractivity contribution is 7.85. The van der Waals surface area contributed by atoms with Crippen LogP contribution in [0.1, 0.15) is 24.6 Å². The van der Waals surface area contributed by atoms with E-state index in [-0.39, 0.29) is 0 Å². The van der Waals surface area contributed by atoms with E-state index in [1.54, 1.807) is 0 Å². The molecule has 1 fully saturated rings. The largest absolute Gasteiger partial charge is 0.340 e. The van der Waals surface area contributed by atoms with Crippen LogP contribution in [0.15, 0.2) is 39.8 Å². The molecule has 0 N–H and O–H groups in total. The molecule has 0 saturated carbocycles. The van der Waals surface area contributed by atoms with Crippen molar-refractivity contribution in [3.63, 3.8) is 0 Å². The Bertz CT molecular complexity index is 644. The SMILES string of the molecule is Cc1nc(CC2CCCN(CCS(=O)c3ccccc3)C2)no1. The van der Waals surface area contributed by atoms with Gasteiger partial charge in [0.25, 0.3) is 0 Å². The summed E-state index contributed by atoms with van der Waals surface area (Å²) in [7, 11) is -0.912. The van der Waals surface area contributed by atoms with Crippen LogP contribution in [0.5, 0.6) is 0 Å². The minimum Gasteiger partial charge on any atom is -0.340 e. The number of hydrogen-bond donors (Lipinski definition) is 0. The summed E-state index contributed by atoms with van der Waals surface area (Å²) in [5.41, 5.74) is 0. The number of likely N-dealkylation sites (tertiary alicyclic amines) is 1. The molecule has 3 rings (SSSR count). The van der Waals surface area contributed by atoms with E-state index in [1.165, 1.54) is 12.8 Å². The smallest absolute Gasteiger partial charge is 0.223 e. The van der Waals surface area contributed by atoms with Gasteiger partial charge in [0.1, 0.15) is 0 Å². The lowest BCUT2D eigenvalue weighted by atomic mass is 9.94. The van der Waals surface area contributed by atoms with Gasteiger partial charge < -0.3 is 9.42 Å². The number of rotatable bonds is 6. The van der Waals surface area contributed by atoms with Gasteiger partial charge >= 0.3 is 0 Å². The molecule has 1 aliphatic rings. The minimum absolute atomic E-state index is 0.561. The molecule has 0 radical (unpaired) electrons. The van der Waals surface area contributed by atoms with Crippen LogP contribution in [0.25, 0.3) is 0 Å². The normalized spacial score (nSPS) is 20.5. The molecule has 2 heterocycles. The quantitative estimate of drug-likeness (QED) is 0.812. The third-order valence-corrected chi connectivity index (χ3v) is 5.59. The summed E-state index contributed by atoms with van der Waals surface area (Å²) in [5.74, 6) is 2.69. The summed E-state index contributed by atoms with van der Waals surface area (Å²) < 4.78 is 17.4. The zero-order valence-corrected chi connectivity index (χ0v) is 14.3. The standard InChI is InChI=1S/C17H23N3O2S/c1-14-18-17(19-22-14)12-15-6-5-9-20(13-15)10-11-23(21)16-7-3-2-4-8-16/h2-4,7-8,15H,5-6,9-13H2,1H3. The van der Waals surface area contributed by atoms with Crippen LogP contribution in [0.3, 0.4) is 0 Å². The van der Waals surface area contributed by atoms with E-state index in [2.05, 4.69) is 15.0 Å². The predicted octanol–water partition coefficient (Wildman–Crippen LogP) is 2.44. The van der Waals surface area contributed by atoms with Gasteiger partial charge in [0.2, 0.25) is 5.89 Å². The zero-order chi connectivity index (χ0) is 16.1. The Morgan fingerprint density at radius 2 is 2.17 bits per heavy atom. The number of hydrogen-bond acceptors (Lipinski definition) is 5. The maximum Gasteiger partial charge on any atom is 0.223 e. The summed E-state index contributed by atoms with van der Waals surface area (Å²) in [6.45, 7) is 4.82. The molecule has 0 spiro atoms. The Morgan fingerprint density at radius 3 is 2.91 bits per heavy atom. The molecule has 0 bridgehead atoms. The van der Waals surface area contributed by atoms with E-state index < -0.39 is 10.8 Å². The van der Waals surface area contributed by atoms with E-state index in [0.29, 0.717) is 17.6 Å². The molecule has 23 heavy (non-hydrogen) atoms. The first kappa shape index (κ1) is 16.3. The highest BCUT2D eigenvalue weighted by Gasteiger charge is 2.22. The monoisotopic (exact) mass is 333 g/mol. The molecular weight excluding hydrogens is 310 g/mol. The summed E-state index contributed by atoms with van der Waals surface area (Å²) >= 11 is 0. The van der Waals surface area contributed by atoms with Gasteiger partial charge in [0, 0.05) is 37.1 Å². The Morgan fingerprint density at radius 1 is 1.35 bits per heavy atom. The molecule has 5 nitrogen and oxygen atoms in total. The van der Waals surface area contributed by atoms with Crippen molar-refractivity contribution >= 4 is 10.8 Å². The summed E-state index contributed by atoms with van der Waals surface area (Å²) in [5, 5.41) is 4.00. The Labute approximate surface area is 139 Å². The van der Waals surface area contributed by atoms with Crippen molar-refractivity contribution in [2.75, 3.05) is 25.4 Å². The van der Waals surface area contributed by atoms with Gasteiger partial charge in [-0.05, 0) is 37.4 Å². The van der Waals surface area contributed by atoms with Crippen LogP contribution in [0.2, 0.25) is 0 Å². The van der Waals surface area contributed by atoms with Crippen molar-refractivity contribution in [1.29, 1.82) is 0 Å². The fourth-order valence-corrected chi connectivity index (χ4v) is 4.23. The van der Waals surface area contributed by atoms with Crippen molar-refractivity contribution in [2.45, 2.75) is 31.1 Å². The first-order chi connectivity index (χ1) is 11.2. The van der Waals surface area contributed by atoms with Crippen LogP contribution in [-0.4, -0.2) is 44.6 Å². The van der Waals surface area contributed by atoms with E-state index in [0.717, 1.165) is 36.8 Å². The van der Waals surface area contributed by atoms with E-state index in [1.807, 2.05) is 37.3 Å². The number of nitrogens with zero attached hydrogens (tertiary/aromatic N) is 3. The molecule has 2 aromatic rings. The van der Waals surface area contributed by atoms with Crippen LogP contribution in [0, 0.1) is 12.8 Å². The second-order valence-electron chi connectivity index (χ2n) is 6.11. The van der Waals surface area contributed by atoms with Crippen LogP contribution >= 0.6 is 0 Å². The lowest BCUT2D eigenvalue weighted by Crippen LogP contribution is -2.38. The highest BCUT2D eigenvalue weighted by Crippen LogP contribution is 2.20. The average Bonchev–Trinajstić information content (AvgIpc) is 2.99. The van der Waals surface area contributed by atoms with Crippen LogP contribution in [-0.2, 0) is 17.2 Å². The third-order valence-electron chi connectivity index (χ3n) is 4.24. The first-order valence-electron chi connectivity index (χ1n) is 8.15. The van der Waals surface area contributed by atoms with Crippen molar-refractivity contribution in [3.8, 4) is 0 Å². The van der Waals surface area contributed by atoms with Crippen LogP contribution < -0.4 is 0 Å². The topological polar surface area (TPSA) is 59.2 Å². The zero-order valence-electron chi connectivity index (χ0n) is 13.5. The molecule has 0 amide bonds. The van der Waals surface area contributed by atoms with Gasteiger partial charge in [-0.15, -0.1) is 0 Å². The molecule has 0 aliphatic carbocycles.